The number of aromatic nitrogens is 2. The summed E-state index contributed by atoms with van der Waals surface area (Å²) in [6.07, 6.45) is 8.03. The number of carbonyl (C=O) groups excluding carboxylic acids is 1. The fourth-order valence-electron chi connectivity index (χ4n) is 3.33. The first kappa shape index (κ1) is 19.6. The maximum atomic E-state index is 13.0. The van der Waals surface area contributed by atoms with E-state index >= 15 is 0 Å². The maximum absolute atomic E-state index is 13.0. The number of rotatable bonds is 6. The SMILES string of the molecule is Cc1ccc(C(=O)NC(C)Cn2ccnc2)cc1S(=O)(=O)N1CCCCC1. The van der Waals surface area contributed by atoms with Crippen LogP contribution in [0.4, 0.5) is 0 Å². The van der Waals surface area contributed by atoms with Gasteiger partial charge in [-0.15, -0.1) is 0 Å². The quantitative estimate of drug-likeness (QED) is 0.819. The minimum absolute atomic E-state index is 0.116. The molecule has 1 fully saturated rings. The molecule has 2 heterocycles. The summed E-state index contributed by atoms with van der Waals surface area (Å²) >= 11 is 0. The lowest BCUT2D eigenvalue weighted by Crippen LogP contribution is -2.37. The molecule has 8 heteroatoms. The number of hydrogen-bond donors (Lipinski definition) is 1. The van der Waals surface area contributed by atoms with Gasteiger partial charge in [-0.3, -0.25) is 4.79 Å². The highest BCUT2D eigenvalue weighted by molar-refractivity contribution is 7.89. The predicted octanol–water partition coefficient (Wildman–Crippen LogP) is 2.18. The van der Waals surface area contributed by atoms with Crippen molar-refractivity contribution in [2.24, 2.45) is 0 Å². The third-order valence-electron chi connectivity index (χ3n) is 4.80. The molecule has 3 rings (SSSR count). The molecule has 2 aromatic rings. The Morgan fingerprint density at radius 1 is 1.26 bits per heavy atom. The van der Waals surface area contributed by atoms with Crippen molar-refractivity contribution in [1.29, 1.82) is 0 Å². The fraction of sp³-hybridized carbons (Fsp3) is 0.474. The number of piperidine rings is 1. The second kappa shape index (κ2) is 8.22. The standard InChI is InChI=1S/C19H26N4O3S/c1-15-6-7-17(19(24)21-16(2)13-22-11-8-20-14-22)12-18(15)27(25,26)23-9-4-3-5-10-23/h6-8,11-12,14,16H,3-5,9-10,13H2,1-2H3,(H,21,24). The number of carbonyl (C=O) groups is 1. The molecular weight excluding hydrogens is 364 g/mol. The molecule has 1 aliphatic heterocycles. The molecule has 146 valence electrons. The Kier molecular flexibility index (Phi) is 5.96. The Bertz CT molecular complexity index is 888. The lowest BCUT2D eigenvalue weighted by atomic mass is 10.1. The van der Waals surface area contributed by atoms with E-state index in [9.17, 15) is 13.2 Å². The van der Waals surface area contributed by atoms with E-state index in [1.54, 1.807) is 31.6 Å². The van der Waals surface area contributed by atoms with Gasteiger partial charge in [0.15, 0.2) is 0 Å². The average molecular weight is 391 g/mol. The van der Waals surface area contributed by atoms with Gasteiger partial charge in [-0.1, -0.05) is 12.5 Å². The lowest BCUT2D eigenvalue weighted by Gasteiger charge is -2.26. The highest BCUT2D eigenvalue weighted by Gasteiger charge is 2.28. The Morgan fingerprint density at radius 2 is 2.00 bits per heavy atom. The molecule has 1 aromatic carbocycles. The molecule has 27 heavy (non-hydrogen) atoms. The lowest BCUT2D eigenvalue weighted by molar-refractivity contribution is 0.0936. The molecule has 1 N–H and O–H groups in total. The zero-order valence-electron chi connectivity index (χ0n) is 15.8. The van der Waals surface area contributed by atoms with Crippen molar-refractivity contribution in [1.82, 2.24) is 19.2 Å². The molecule has 0 bridgehead atoms. The van der Waals surface area contributed by atoms with Crippen LogP contribution in [0.2, 0.25) is 0 Å². The van der Waals surface area contributed by atoms with Gasteiger partial charge < -0.3 is 9.88 Å². The van der Waals surface area contributed by atoms with Crippen LogP contribution in [-0.2, 0) is 16.6 Å². The van der Waals surface area contributed by atoms with Crippen LogP contribution in [0, 0.1) is 6.92 Å². The number of amides is 1. The van der Waals surface area contributed by atoms with E-state index in [1.807, 2.05) is 17.7 Å². The van der Waals surface area contributed by atoms with E-state index in [2.05, 4.69) is 10.3 Å². The van der Waals surface area contributed by atoms with E-state index in [0.29, 0.717) is 30.8 Å². The first-order valence-electron chi connectivity index (χ1n) is 9.25. The number of aryl methyl sites for hydroxylation is 1. The third kappa shape index (κ3) is 4.56. The van der Waals surface area contributed by atoms with E-state index in [-0.39, 0.29) is 16.8 Å². The number of imidazole rings is 1. The number of hydrogen-bond acceptors (Lipinski definition) is 4. The van der Waals surface area contributed by atoms with Crippen LogP contribution >= 0.6 is 0 Å². The Labute approximate surface area is 160 Å². The summed E-state index contributed by atoms with van der Waals surface area (Å²) in [6.45, 7) is 5.34. The normalized spacial score (nSPS) is 16.8. The topological polar surface area (TPSA) is 84.3 Å². The van der Waals surface area contributed by atoms with Crippen molar-refractivity contribution in [3.8, 4) is 0 Å². The van der Waals surface area contributed by atoms with Gasteiger partial charge in [-0.2, -0.15) is 4.31 Å². The van der Waals surface area contributed by atoms with E-state index in [1.165, 1.54) is 10.4 Å². The average Bonchev–Trinajstić information content (AvgIpc) is 3.15. The van der Waals surface area contributed by atoms with Crippen LogP contribution in [0.3, 0.4) is 0 Å². The highest BCUT2D eigenvalue weighted by atomic mass is 32.2. The van der Waals surface area contributed by atoms with Gasteiger partial charge in [0.05, 0.1) is 11.2 Å². The zero-order valence-corrected chi connectivity index (χ0v) is 16.6. The van der Waals surface area contributed by atoms with Gasteiger partial charge in [0.1, 0.15) is 0 Å². The van der Waals surface area contributed by atoms with Gasteiger partial charge in [-0.05, 0) is 44.4 Å². The molecule has 1 aliphatic rings. The minimum atomic E-state index is -3.58. The molecule has 0 spiro atoms. The zero-order chi connectivity index (χ0) is 19.4. The third-order valence-corrected chi connectivity index (χ3v) is 6.85. The molecule has 1 saturated heterocycles. The second-order valence-corrected chi connectivity index (χ2v) is 8.99. The van der Waals surface area contributed by atoms with Crippen molar-refractivity contribution >= 4 is 15.9 Å². The van der Waals surface area contributed by atoms with Crippen molar-refractivity contribution < 1.29 is 13.2 Å². The van der Waals surface area contributed by atoms with Crippen LogP contribution in [0.1, 0.15) is 42.1 Å². The summed E-state index contributed by atoms with van der Waals surface area (Å²) in [4.78, 5) is 16.8. The van der Waals surface area contributed by atoms with Crippen molar-refractivity contribution in [2.75, 3.05) is 13.1 Å². The molecule has 7 nitrogen and oxygen atoms in total. The first-order valence-corrected chi connectivity index (χ1v) is 10.7. The molecule has 1 aromatic heterocycles. The monoisotopic (exact) mass is 390 g/mol. The van der Waals surface area contributed by atoms with Crippen LogP contribution in [0.25, 0.3) is 0 Å². The van der Waals surface area contributed by atoms with Gasteiger partial charge in [0.25, 0.3) is 5.91 Å². The van der Waals surface area contributed by atoms with E-state index in [4.69, 9.17) is 0 Å². The second-order valence-electron chi connectivity index (χ2n) is 7.08. The molecular formula is C19H26N4O3S. The van der Waals surface area contributed by atoms with Crippen LogP contribution in [-0.4, -0.2) is 47.3 Å². The minimum Gasteiger partial charge on any atom is -0.348 e. The number of nitrogens with one attached hydrogen (secondary N) is 1. The van der Waals surface area contributed by atoms with Gasteiger partial charge in [0, 0.05) is 43.6 Å². The number of benzene rings is 1. The Balaban J connectivity index is 1.76. The summed E-state index contributed by atoms with van der Waals surface area (Å²) in [5, 5.41) is 2.92. The van der Waals surface area contributed by atoms with Crippen molar-refractivity contribution in [3.63, 3.8) is 0 Å². The number of sulfonamides is 1. The first-order chi connectivity index (χ1) is 12.9. The van der Waals surface area contributed by atoms with Crippen molar-refractivity contribution in [3.05, 3.63) is 48.0 Å². The molecule has 1 unspecified atom stereocenters. The Morgan fingerprint density at radius 3 is 2.67 bits per heavy atom. The summed E-state index contributed by atoms with van der Waals surface area (Å²) in [5.74, 6) is -0.280. The molecule has 0 saturated carbocycles. The maximum Gasteiger partial charge on any atom is 0.251 e. The summed E-state index contributed by atoms with van der Waals surface area (Å²) in [5.41, 5.74) is 1.01. The van der Waals surface area contributed by atoms with E-state index in [0.717, 1.165) is 19.3 Å². The van der Waals surface area contributed by atoms with Crippen molar-refractivity contribution in [2.45, 2.75) is 50.6 Å². The summed E-state index contributed by atoms with van der Waals surface area (Å²) in [6, 6.07) is 4.75. The van der Waals surface area contributed by atoms with Crippen LogP contribution in [0.15, 0.2) is 41.8 Å². The fourth-order valence-corrected chi connectivity index (χ4v) is 5.10. The van der Waals surface area contributed by atoms with Gasteiger partial charge >= 0.3 is 0 Å². The van der Waals surface area contributed by atoms with E-state index < -0.39 is 10.0 Å². The van der Waals surface area contributed by atoms with Gasteiger partial charge in [-0.25, -0.2) is 13.4 Å². The summed E-state index contributed by atoms with van der Waals surface area (Å²) in [7, 11) is -3.58. The molecule has 0 aliphatic carbocycles. The van der Waals surface area contributed by atoms with Crippen LogP contribution in [0.5, 0.6) is 0 Å². The summed E-state index contributed by atoms with van der Waals surface area (Å²) < 4.78 is 29.4. The molecule has 1 amide bonds. The number of nitrogens with zero attached hydrogens (tertiary/aromatic N) is 3. The predicted molar refractivity (Wildman–Crippen MR) is 103 cm³/mol. The molecule has 0 radical (unpaired) electrons. The largest absolute Gasteiger partial charge is 0.348 e. The van der Waals surface area contributed by atoms with Crippen LogP contribution < -0.4 is 5.32 Å². The highest BCUT2D eigenvalue weighted by Crippen LogP contribution is 2.24. The van der Waals surface area contributed by atoms with Gasteiger partial charge in [0.2, 0.25) is 10.0 Å². The molecule has 1 atom stereocenters. The smallest absolute Gasteiger partial charge is 0.251 e. The Hall–Kier alpha value is -2.19.